The molecular formula is C20H16Cl2N6O. The molecule has 0 atom stereocenters. The zero-order valence-electron chi connectivity index (χ0n) is 15.3. The number of primary amides is 1. The zero-order chi connectivity index (χ0) is 20.5. The highest BCUT2D eigenvalue weighted by Crippen LogP contribution is 2.30. The number of para-hydroxylation sites is 1. The van der Waals surface area contributed by atoms with Crippen molar-refractivity contribution in [2.45, 2.75) is 6.92 Å². The van der Waals surface area contributed by atoms with E-state index in [9.17, 15) is 4.79 Å². The summed E-state index contributed by atoms with van der Waals surface area (Å²) in [6, 6.07) is 14.6. The second kappa shape index (κ2) is 7.62. The Labute approximate surface area is 176 Å². The maximum absolute atomic E-state index is 11.9. The molecule has 2 heterocycles. The molecular weight excluding hydrogens is 411 g/mol. The summed E-state index contributed by atoms with van der Waals surface area (Å²) >= 11 is 12.5. The molecule has 0 radical (unpaired) electrons. The van der Waals surface area contributed by atoms with Crippen LogP contribution in [-0.2, 0) is 0 Å². The Balaban J connectivity index is 1.66. The second-order valence-electron chi connectivity index (χ2n) is 6.34. The van der Waals surface area contributed by atoms with Crippen molar-refractivity contribution in [3.63, 3.8) is 0 Å². The fraction of sp³-hybridized carbons (Fsp3) is 0.0500. The van der Waals surface area contributed by atoms with Gasteiger partial charge in [-0.1, -0.05) is 29.3 Å². The third-order valence-corrected chi connectivity index (χ3v) is 4.86. The predicted molar refractivity (Wildman–Crippen MR) is 114 cm³/mol. The van der Waals surface area contributed by atoms with Crippen molar-refractivity contribution in [1.82, 2.24) is 19.6 Å². The third kappa shape index (κ3) is 3.83. The lowest BCUT2D eigenvalue weighted by atomic mass is 10.2. The Morgan fingerprint density at radius 1 is 1.00 bits per heavy atom. The van der Waals surface area contributed by atoms with Crippen LogP contribution in [0.5, 0.6) is 0 Å². The number of benzene rings is 2. The molecule has 146 valence electrons. The van der Waals surface area contributed by atoms with Crippen molar-refractivity contribution in [3.8, 4) is 11.4 Å². The lowest BCUT2D eigenvalue weighted by molar-refractivity contribution is 0.0996. The van der Waals surface area contributed by atoms with Crippen LogP contribution in [0.4, 0.5) is 11.4 Å². The van der Waals surface area contributed by atoms with E-state index in [1.165, 1.54) is 4.68 Å². The van der Waals surface area contributed by atoms with E-state index in [0.717, 1.165) is 17.1 Å². The highest BCUT2D eigenvalue weighted by Gasteiger charge is 2.18. The van der Waals surface area contributed by atoms with Crippen molar-refractivity contribution in [2.75, 3.05) is 5.32 Å². The molecule has 4 aromatic rings. The number of halogens is 2. The first-order valence-corrected chi connectivity index (χ1v) is 9.41. The predicted octanol–water partition coefficient (Wildman–Crippen LogP) is 4.52. The molecule has 3 N–H and O–H groups in total. The van der Waals surface area contributed by atoms with Crippen LogP contribution in [0.2, 0.25) is 10.0 Å². The number of aryl methyl sites for hydroxylation is 1. The quantitative estimate of drug-likeness (QED) is 0.490. The Morgan fingerprint density at radius 3 is 2.28 bits per heavy atom. The second-order valence-corrected chi connectivity index (χ2v) is 7.16. The number of hydrogen-bond donors (Lipinski definition) is 2. The van der Waals surface area contributed by atoms with Gasteiger partial charge in [-0.3, -0.25) is 4.79 Å². The summed E-state index contributed by atoms with van der Waals surface area (Å²) in [5.41, 5.74) is 9.09. The first kappa shape index (κ1) is 19.0. The van der Waals surface area contributed by atoms with Gasteiger partial charge in [-0.15, -0.1) is 0 Å². The number of nitrogens with two attached hydrogens (primary N) is 1. The topological polar surface area (TPSA) is 90.8 Å². The molecule has 0 bridgehead atoms. The van der Waals surface area contributed by atoms with E-state index in [-0.39, 0.29) is 5.69 Å². The summed E-state index contributed by atoms with van der Waals surface area (Å²) in [4.78, 5) is 11.9. The molecule has 2 aromatic carbocycles. The molecule has 1 amide bonds. The fourth-order valence-corrected chi connectivity index (χ4v) is 3.45. The first-order chi connectivity index (χ1) is 13.9. The summed E-state index contributed by atoms with van der Waals surface area (Å²) in [5.74, 6) is -0.668. The Kier molecular flexibility index (Phi) is 5.00. The summed E-state index contributed by atoms with van der Waals surface area (Å²) in [7, 11) is 0. The minimum Gasteiger partial charge on any atom is -0.364 e. The summed E-state index contributed by atoms with van der Waals surface area (Å²) < 4.78 is 3.22. The number of nitrogens with zero attached hydrogens (tertiary/aromatic N) is 4. The van der Waals surface area contributed by atoms with Crippen LogP contribution < -0.4 is 11.1 Å². The number of carbonyl (C=O) groups excluding carboxylic acids is 1. The van der Waals surface area contributed by atoms with Crippen LogP contribution in [0.1, 0.15) is 16.2 Å². The lowest BCUT2D eigenvalue weighted by Gasteiger charge is -2.07. The Hall–Kier alpha value is -3.29. The molecule has 0 spiro atoms. The number of hydrogen-bond acceptors (Lipinski definition) is 4. The maximum Gasteiger partial charge on any atom is 0.271 e. The van der Waals surface area contributed by atoms with E-state index in [1.807, 2.05) is 43.5 Å². The van der Waals surface area contributed by atoms with Crippen LogP contribution in [0, 0.1) is 6.92 Å². The number of aromatic nitrogens is 4. The number of carbonyl (C=O) groups is 1. The third-order valence-electron chi connectivity index (χ3n) is 4.25. The minimum absolute atomic E-state index is 0.0766. The largest absolute Gasteiger partial charge is 0.364 e. The molecule has 0 aliphatic carbocycles. The van der Waals surface area contributed by atoms with Gasteiger partial charge in [0.1, 0.15) is 5.69 Å². The molecule has 0 saturated heterocycles. The SMILES string of the molecule is Cc1ccn(-c2ccc(Nc3cn(-c4c(Cl)cccc4Cl)nc3C(N)=O)cc2)n1. The van der Waals surface area contributed by atoms with Crippen LogP contribution in [0.25, 0.3) is 11.4 Å². The van der Waals surface area contributed by atoms with Gasteiger partial charge in [-0.05, 0) is 49.4 Å². The van der Waals surface area contributed by atoms with Gasteiger partial charge in [-0.2, -0.15) is 10.2 Å². The highest BCUT2D eigenvalue weighted by atomic mass is 35.5. The van der Waals surface area contributed by atoms with E-state index in [4.69, 9.17) is 28.9 Å². The molecule has 0 aliphatic rings. The van der Waals surface area contributed by atoms with Gasteiger partial charge in [0.25, 0.3) is 5.91 Å². The fourth-order valence-electron chi connectivity index (χ4n) is 2.88. The van der Waals surface area contributed by atoms with Crippen LogP contribution in [0.3, 0.4) is 0 Å². The van der Waals surface area contributed by atoms with Gasteiger partial charge in [-0.25, -0.2) is 9.36 Å². The zero-order valence-corrected chi connectivity index (χ0v) is 16.8. The van der Waals surface area contributed by atoms with Crippen LogP contribution in [0.15, 0.2) is 60.9 Å². The van der Waals surface area contributed by atoms with E-state index in [2.05, 4.69) is 15.5 Å². The van der Waals surface area contributed by atoms with Gasteiger partial charge in [0.05, 0.1) is 33.3 Å². The summed E-state index contributed by atoms with van der Waals surface area (Å²) in [6.45, 7) is 1.93. The summed E-state index contributed by atoms with van der Waals surface area (Å²) in [5, 5.41) is 12.6. The number of rotatable bonds is 5. The average molecular weight is 427 g/mol. The van der Waals surface area contributed by atoms with Gasteiger partial charge >= 0.3 is 0 Å². The van der Waals surface area contributed by atoms with Crippen molar-refractivity contribution in [1.29, 1.82) is 0 Å². The monoisotopic (exact) mass is 426 g/mol. The van der Waals surface area contributed by atoms with Crippen molar-refractivity contribution < 1.29 is 4.79 Å². The molecule has 2 aromatic heterocycles. The van der Waals surface area contributed by atoms with Gasteiger partial charge in [0, 0.05) is 11.9 Å². The molecule has 0 saturated carbocycles. The molecule has 4 rings (SSSR count). The Morgan fingerprint density at radius 2 is 1.69 bits per heavy atom. The number of amides is 1. The highest BCUT2D eigenvalue weighted by molar-refractivity contribution is 6.37. The molecule has 0 fully saturated rings. The van der Waals surface area contributed by atoms with Gasteiger partial charge < -0.3 is 11.1 Å². The van der Waals surface area contributed by atoms with E-state index < -0.39 is 5.91 Å². The maximum atomic E-state index is 11.9. The Bertz CT molecular complexity index is 1180. The summed E-state index contributed by atoms with van der Waals surface area (Å²) in [6.07, 6.45) is 3.51. The standard InChI is InChI=1S/C20H16Cl2N6O/c1-12-9-10-27(25-12)14-7-5-13(6-8-14)24-17-11-28(26-18(17)20(23)29)19-15(21)3-2-4-16(19)22/h2-11,24H,1H3,(H2,23,29). The van der Waals surface area contributed by atoms with E-state index in [0.29, 0.717) is 21.4 Å². The number of anilines is 2. The molecule has 29 heavy (non-hydrogen) atoms. The molecule has 7 nitrogen and oxygen atoms in total. The van der Waals surface area contributed by atoms with Gasteiger partial charge in [0.2, 0.25) is 0 Å². The minimum atomic E-state index is -0.668. The molecule has 9 heteroatoms. The van der Waals surface area contributed by atoms with E-state index >= 15 is 0 Å². The van der Waals surface area contributed by atoms with E-state index in [1.54, 1.807) is 29.1 Å². The smallest absolute Gasteiger partial charge is 0.271 e. The van der Waals surface area contributed by atoms with Crippen molar-refractivity contribution >= 4 is 40.5 Å². The van der Waals surface area contributed by atoms with Crippen molar-refractivity contribution in [2.24, 2.45) is 5.73 Å². The van der Waals surface area contributed by atoms with Crippen LogP contribution in [-0.4, -0.2) is 25.5 Å². The van der Waals surface area contributed by atoms with Gasteiger partial charge in [0.15, 0.2) is 5.69 Å². The molecule has 0 unspecified atom stereocenters. The molecule has 0 aliphatic heterocycles. The normalized spacial score (nSPS) is 10.9. The van der Waals surface area contributed by atoms with Crippen LogP contribution >= 0.6 is 23.2 Å². The first-order valence-electron chi connectivity index (χ1n) is 8.66. The lowest BCUT2D eigenvalue weighted by Crippen LogP contribution is -2.14. The van der Waals surface area contributed by atoms with Crippen molar-refractivity contribution in [3.05, 3.63) is 82.4 Å². The number of nitrogens with one attached hydrogen (secondary N) is 1. The average Bonchev–Trinajstić information content (AvgIpc) is 3.29.